The van der Waals surface area contributed by atoms with Crippen molar-refractivity contribution in [3.05, 3.63) is 18.2 Å². The number of carbonyl (C=O) groups excluding carboxylic acids is 2. The summed E-state index contributed by atoms with van der Waals surface area (Å²) < 4.78 is 31.3. The van der Waals surface area contributed by atoms with Gasteiger partial charge < -0.3 is 14.5 Å². The van der Waals surface area contributed by atoms with E-state index in [1.165, 1.54) is 12.4 Å². The average molecular weight is 359 g/mol. The van der Waals surface area contributed by atoms with Gasteiger partial charge in [0, 0.05) is 38.6 Å². The number of imidazole rings is 1. The van der Waals surface area contributed by atoms with Crippen molar-refractivity contribution in [3.63, 3.8) is 0 Å². The third-order valence-corrected chi connectivity index (χ3v) is 3.93. The number of hydrogen-bond acceptors (Lipinski definition) is 5. The maximum Gasteiger partial charge on any atom is 0.409 e. The normalized spacial score (nSPS) is 15.1. The molecule has 0 aliphatic carbocycles. The molecule has 1 aliphatic heterocycles. The van der Waals surface area contributed by atoms with Crippen molar-refractivity contribution in [3.8, 4) is 0 Å². The highest BCUT2D eigenvalue weighted by Gasteiger charge is 2.25. The lowest BCUT2D eigenvalue weighted by Gasteiger charge is -2.34. The van der Waals surface area contributed by atoms with Crippen molar-refractivity contribution >= 4 is 12.0 Å². The molecule has 1 fully saturated rings. The van der Waals surface area contributed by atoms with Crippen molar-refractivity contribution in [1.29, 1.82) is 0 Å². The fourth-order valence-corrected chi connectivity index (χ4v) is 2.63. The molecular formula is C15H23F2N5O3. The van der Waals surface area contributed by atoms with Gasteiger partial charge in [-0.1, -0.05) is 0 Å². The second-order valence-corrected chi connectivity index (χ2v) is 5.77. The van der Waals surface area contributed by atoms with E-state index < -0.39 is 6.55 Å². The van der Waals surface area contributed by atoms with Crippen molar-refractivity contribution in [1.82, 2.24) is 24.3 Å². The first-order valence-corrected chi connectivity index (χ1v) is 8.10. The van der Waals surface area contributed by atoms with Gasteiger partial charge in [-0.2, -0.15) is 8.78 Å². The molecule has 1 aromatic heterocycles. The van der Waals surface area contributed by atoms with Crippen molar-refractivity contribution in [2.75, 3.05) is 46.4 Å². The Balaban J connectivity index is 1.80. The number of nitrogens with zero attached hydrogens (tertiary/aromatic N) is 5. The quantitative estimate of drug-likeness (QED) is 0.758. The van der Waals surface area contributed by atoms with E-state index in [9.17, 15) is 18.4 Å². The van der Waals surface area contributed by atoms with Crippen molar-refractivity contribution in [2.24, 2.45) is 0 Å². The number of carbonyl (C=O) groups is 2. The SMILES string of the molecule is CCOC(=O)N1CCN(C(=O)CN(C)Cc2nccn2C(F)F)CC1. The molecule has 2 amide bonds. The molecule has 0 spiro atoms. The zero-order chi connectivity index (χ0) is 18.4. The number of alkyl halides is 2. The molecule has 25 heavy (non-hydrogen) atoms. The van der Waals surface area contributed by atoms with Crippen LogP contribution in [0.15, 0.2) is 12.4 Å². The molecule has 0 unspecified atom stereocenters. The average Bonchev–Trinajstić information content (AvgIpc) is 3.03. The van der Waals surface area contributed by atoms with E-state index in [2.05, 4.69) is 4.98 Å². The molecule has 0 radical (unpaired) electrons. The number of likely N-dealkylation sites (N-methyl/N-ethyl adjacent to an activating group) is 1. The summed E-state index contributed by atoms with van der Waals surface area (Å²) in [5.41, 5.74) is 0. The van der Waals surface area contributed by atoms with Gasteiger partial charge in [0.15, 0.2) is 0 Å². The molecule has 0 N–H and O–H groups in total. The molecule has 8 nitrogen and oxygen atoms in total. The fraction of sp³-hybridized carbons (Fsp3) is 0.667. The van der Waals surface area contributed by atoms with Crippen molar-refractivity contribution in [2.45, 2.75) is 20.0 Å². The fourth-order valence-electron chi connectivity index (χ4n) is 2.63. The van der Waals surface area contributed by atoms with Crippen LogP contribution in [0.1, 0.15) is 19.3 Å². The number of halogens is 2. The minimum absolute atomic E-state index is 0.0928. The van der Waals surface area contributed by atoms with Crippen LogP contribution in [0.3, 0.4) is 0 Å². The summed E-state index contributed by atoms with van der Waals surface area (Å²) in [6.45, 7) is 1.34. The number of aromatic nitrogens is 2. The molecule has 0 bridgehead atoms. The van der Waals surface area contributed by atoms with E-state index in [1.807, 2.05) is 0 Å². The smallest absolute Gasteiger partial charge is 0.409 e. The zero-order valence-corrected chi connectivity index (χ0v) is 14.4. The Labute approximate surface area is 144 Å². The number of hydrogen-bond donors (Lipinski definition) is 0. The second kappa shape index (κ2) is 8.75. The van der Waals surface area contributed by atoms with E-state index in [4.69, 9.17) is 4.74 Å². The predicted molar refractivity (Wildman–Crippen MR) is 85.0 cm³/mol. The summed E-state index contributed by atoms with van der Waals surface area (Å²) in [5.74, 6) is 0.0959. The summed E-state index contributed by atoms with van der Waals surface area (Å²) in [6, 6.07) is 0. The highest BCUT2D eigenvalue weighted by atomic mass is 19.3. The standard InChI is InChI=1S/C15H23F2N5O3/c1-3-25-15(24)21-8-6-20(7-9-21)13(23)11-19(2)10-12-18-4-5-22(12)14(16)17/h4-5,14H,3,6-11H2,1-2H3. The largest absolute Gasteiger partial charge is 0.450 e. The van der Waals surface area contributed by atoms with Gasteiger partial charge in [0.25, 0.3) is 0 Å². The molecule has 0 saturated carbocycles. The Kier molecular flexibility index (Phi) is 6.68. The number of ether oxygens (including phenoxy) is 1. The molecule has 2 heterocycles. The van der Waals surface area contributed by atoms with Crippen LogP contribution in [0.4, 0.5) is 13.6 Å². The van der Waals surface area contributed by atoms with E-state index in [-0.39, 0.29) is 30.9 Å². The van der Waals surface area contributed by atoms with E-state index in [0.29, 0.717) is 32.8 Å². The lowest BCUT2D eigenvalue weighted by molar-refractivity contribution is -0.133. The highest BCUT2D eigenvalue weighted by molar-refractivity contribution is 5.78. The lowest BCUT2D eigenvalue weighted by Crippen LogP contribution is -2.52. The zero-order valence-electron chi connectivity index (χ0n) is 14.4. The Hall–Kier alpha value is -2.23. The number of rotatable bonds is 6. The summed E-state index contributed by atoms with van der Waals surface area (Å²) >= 11 is 0. The minimum atomic E-state index is -2.66. The minimum Gasteiger partial charge on any atom is -0.450 e. The topological polar surface area (TPSA) is 70.9 Å². The summed E-state index contributed by atoms with van der Waals surface area (Å²) in [6.07, 6.45) is 2.15. The Morgan fingerprint density at radius 2 is 1.92 bits per heavy atom. The van der Waals surface area contributed by atoms with Crippen LogP contribution in [0, 0.1) is 0 Å². The molecule has 140 valence electrons. The van der Waals surface area contributed by atoms with Gasteiger partial charge in [-0.3, -0.25) is 14.3 Å². The molecule has 2 rings (SSSR count). The molecule has 1 aliphatic rings. The van der Waals surface area contributed by atoms with Crippen LogP contribution >= 0.6 is 0 Å². The molecule has 1 aromatic rings. The third-order valence-electron chi connectivity index (χ3n) is 3.93. The molecular weight excluding hydrogens is 336 g/mol. The lowest BCUT2D eigenvalue weighted by atomic mass is 10.3. The van der Waals surface area contributed by atoms with Crippen LogP contribution in [-0.2, 0) is 16.1 Å². The van der Waals surface area contributed by atoms with E-state index in [0.717, 1.165) is 4.57 Å². The van der Waals surface area contributed by atoms with Gasteiger partial charge in [0.2, 0.25) is 5.91 Å². The maximum absolute atomic E-state index is 12.8. The Morgan fingerprint density at radius 1 is 1.28 bits per heavy atom. The van der Waals surface area contributed by atoms with Gasteiger partial charge in [-0.15, -0.1) is 0 Å². The van der Waals surface area contributed by atoms with Crippen LogP contribution in [0.5, 0.6) is 0 Å². The summed E-state index contributed by atoms with van der Waals surface area (Å²) in [5, 5.41) is 0. The van der Waals surface area contributed by atoms with Gasteiger partial charge in [0.1, 0.15) is 5.82 Å². The van der Waals surface area contributed by atoms with E-state index in [1.54, 1.807) is 28.7 Å². The Morgan fingerprint density at radius 3 is 2.52 bits per heavy atom. The van der Waals surface area contributed by atoms with Crippen LogP contribution in [-0.4, -0.2) is 82.6 Å². The monoisotopic (exact) mass is 359 g/mol. The first-order valence-electron chi connectivity index (χ1n) is 8.10. The van der Waals surface area contributed by atoms with Crippen LogP contribution in [0.2, 0.25) is 0 Å². The number of amides is 2. The van der Waals surface area contributed by atoms with Gasteiger partial charge in [-0.25, -0.2) is 9.78 Å². The van der Waals surface area contributed by atoms with E-state index >= 15 is 0 Å². The highest BCUT2D eigenvalue weighted by Crippen LogP contribution is 2.13. The molecule has 0 aromatic carbocycles. The first kappa shape index (κ1) is 19.1. The van der Waals surface area contributed by atoms with Crippen LogP contribution in [0.25, 0.3) is 0 Å². The van der Waals surface area contributed by atoms with Gasteiger partial charge >= 0.3 is 12.6 Å². The number of piperazine rings is 1. The maximum atomic E-state index is 12.8. The Bertz CT molecular complexity index is 587. The molecule has 10 heteroatoms. The van der Waals surface area contributed by atoms with Gasteiger partial charge in [0.05, 0.1) is 19.7 Å². The predicted octanol–water partition coefficient (Wildman–Crippen LogP) is 1.01. The van der Waals surface area contributed by atoms with Crippen molar-refractivity contribution < 1.29 is 23.1 Å². The molecule has 1 saturated heterocycles. The molecule has 0 atom stereocenters. The first-order chi connectivity index (χ1) is 11.9. The summed E-state index contributed by atoms with van der Waals surface area (Å²) in [4.78, 5) is 32.7. The van der Waals surface area contributed by atoms with Gasteiger partial charge in [-0.05, 0) is 14.0 Å². The van der Waals surface area contributed by atoms with Crippen LogP contribution < -0.4 is 0 Å². The summed E-state index contributed by atoms with van der Waals surface area (Å²) in [7, 11) is 1.68. The third kappa shape index (κ3) is 5.12. The second-order valence-electron chi connectivity index (χ2n) is 5.77.